The molecule has 4 saturated carbocycles. The Hall–Kier alpha value is -3.67. The largest absolute Gasteiger partial charge is 0.596 e. The molecule has 2 heterocycles. The zero-order valence-corrected chi connectivity index (χ0v) is 40.6. The van der Waals surface area contributed by atoms with Crippen LogP contribution in [0.2, 0.25) is 0 Å². The van der Waals surface area contributed by atoms with E-state index in [2.05, 4.69) is 29.5 Å². The van der Waals surface area contributed by atoms with Crippen LogP contribution in [0.25, 0.3) is 0 Å². The topological polar surface area (TPSA) is 169 Å². The molecule has 0 bridgehead atoms. The first-order valence-corrected chi connectivity index (χ1v) is 25.2. The predicted octanol–water partition coefficient (Wildman–Crippen LogP) is 7.12. The van der Waals surface area contributed by atoms with Crippen molar-refractivity contribution >= 4 is 29.7 Å². The second-order valence-electron chi connectivity index (χ2n) is 22.7. The Labute approximate surface area is 385 Å². The van der Waals surface area contributed by atoms with Crippen LogP contribution in [-0.2, 0) is 30.5 Å². The molecule has 1 aromatic carbocycles. The number of benzene rings is 1. The molecule has 12 nitrogen and oxygen atoms in total. The zero-order valence-electron chi connectivity index (χ0n) is 40.6. The van der Waals surface area contributed by atoms with Gasteiger partial charge in [0, 0.05) is 31.8 Å². The summed E-state index contributed by atoms with van der Waals surface area (Å²) in [6.07, 6.45) is 17.1. The van der Waals surface area contributed by atoms with Gasteiger partial charge in [-0.3, -0.25) is 24.2 Å². The Morgan fingerprint density at radius 2 is 1.12 bits per heavy atom. The van der Waals surface area contributed by atoms with E-state index in [1.165, 1.54) is 44.9 Å². The van der Waals surface area contributed by atoms with Crippen LogP contribution in [0.3, 0.4) is 0 Å². The minimum absolute atomic E-state index is 0.0169. The van der Waals surface area contributed by atoms with E-state index in [0.29, 0.717) is 23.7 Å². The molecule has 0 radical (unpaired) electrons. The summed E-state index contributed by atoms with van der Waals surface area (Å²) in [5, 5.41) is 18.8. The fourth-order valence-electron chi connectivity index (χ4n) is 12.2. The summed E-state index contributed by atoms with van der Waals surface area (Å²) in [4.78, 5) is 62.2. The third-order valence-electron chi connectivity index (χ3n) is 16.2. The molecule has 0 unspecified atom stereocenters. The maximum atomic E-state index is 13.8. The van der Waals surface area contributed by atoms with E-state index >= 15 is 0 Å². The second-order valence-corrected chi connectivity index (χ2v) is 22.7. The predicted molar refractivity (Wildman–Crippen MR) is 250 cm³/mol. The van der Waals surface area contributed by atoms with Gasteiger partial charge in [-0.2, -0.15) is 0 Å². The van der Waals surface area contributed by atoms with Crippen molar-refractivity contribution in [3.63, 3.8) is 0 Å². The van der Waals surface area contributed by atoms with E-state index in [4.69, 9.17) is 10.5 Å². The van der Waals surface area contributed by atoms with Crippen LogP contribution >= 0.6 is 0 Å². The minimum Gasteiger partial charge on any atom is -0.596 e. The number of aliphatic imine (C=N–C) groups is 1. The summed E-state index contributed by atoms with van der Waals surface area (Å²) in [7, 11) is 0. The number of carbonyl (C=O) groups excluding carboxylic acids is 4. The van der Waals surface area contributed by atoms with E-state index in [1.54, 1.807) is 0 Å². The van der Waals surface area contributed by atoms with Gasteiger partial charge < -0.3 is 36.0 Å². The van der Waals surface area contributed by atoms with Gasteiger partial charge in [-0.1, -0.05) is 123 Å². The highest BCUT2D eigenvalue weighted by Crippen LogP contribution is 2.44. The molecule has 358 valence electrons. The molecule has 4 aliphatic carbocycles. The molecule has 12 heteroatoms. The highest BCUT2D eigenvalue weighted by atomic mass is 16.6. The number of rotatable bonds is 11. The monoisotopic (exact) mass is 888 g/mol. The third kappa shape index (κ3) is 12.2. The Morgan fingerprint density at radius 1 is 0.672 bits per heavy atom. The Balaban J connectivity index is 0.000000223. The molecule has 0 spiro atoms. The molecule has 2 saturated heterocycles. The maximum Gasteiger partial charge on any atom is 0.245 e. The lowest BCUT2D eigenvalue weighted by Gasteiger charge is -2.37. The average molecular weight is 888 g/mol. The molecule has 6 aliphatic rings. The number of nitrogens with one attached hydrogen (secondary N) is 2. The Bertz CT molecular complexity index is 1750. The number of ether oxygens (including phenoxy) is 1. The molecule has 7 rings (SSSR count). The summed E-state index contributed by atoms with van der Waals surface area (Å²) >= 11 is 0. The number of likely N-dealkylation sites (tertiary alicyclic amines) is 2. The summed E-state index contributed by atoms with van der Waals surface area (Å²) in [5.41, 5.74) is 6.36. The molecule has 0 aromatic heterocycles. The summed E-state index contributed by atoms with van der Waals surface area (Å²) in [6, 6.07) is 7.36. The van der Waals surface area contributed by atoms with Gasteiger partial charge in [0.2, 0.25) is 23.6 Å². The third-order valence-corrected chi connectivity index (χ3v) is 16.2. The number of fused-ring (bicyclic) bond motifs is 2. The van der Waals surface area contributed by atoms with E-state index in [0.717, 1.165) is 76.4 Å². The van der Waals surface area contributed by atoms with E-state index in [-0.39, 0.29) is 59.6 Å². The van der Waals surface area contributed by atoms with Gasteiger partial charge in [-0.25, -0.2) is 0 Å². The van der Waals surface area contributed by atoms with Gasteiger partial charge in [-0.05, 0) is 117 Å². The quantitative estimate of drug-likeness (QED) is 0.157. The van der Waals surface area contributed by atoms with Crippen LogP contribution in [-0.4, -0.2) is 88.9 Å². The lowest BCUT2D eigenvalue weighted by atomic mass is 9.82. The second kappa shape index (κ2) is 21.8. The van der Waals surface area contributed by atoms with Crippen LogP contribution in [0.4, 0.5) is 0 Å². The Kier molecular flexibility index (Phi) is 16.9. The summed E-state index contributed by atoms with van der Waals surface area (Å²) < 4.78 is 5.40. The van der Waals surface area contributed by atoms with Crippen molar-refractivity contribution in [1.82, 2.24) is 20.4 Å². The first-order valence-electron chi connectivity index (χ1n) is 25.2. The van der Waals surface area contributed by atoms with Crippen molar-refractivity contribution in [1.29, 1.82) is 0 Å². The van der Waals surface area contributed by atoms with Gasteiger partial charge in [0.05, 0.1) is 6.04 Å². The number of hydrogen-bond donors (Lipinski definition) is 3. The van der Waals surface area contributed by atoms with Crippen molar-refractivity contribution in [2.75, 3.05) is 13.1 Å². The van der Waals surface area contributed by atoms with Gasteiger partial charge in [0.25, 0.3) is 0 Å². The van der Waals surface area contributed by atoms with E-state index in [1.807, 2.05) is 81.7 Å². The van der Waals surface area contributed by atoms with Crippen LogP contribution in [0.5, 0.6) is 0 Å². The molecular weight excluding hydrogens is 805 g/mol. The fraction of sp³-hybridized carbons (Fsp3) is 0.788. The van der Waals surface area contributed by atoms with Gasteiger partial charge in [0.1, 0.15) is 24.2 Å². The van der Waals surface area contributed by atoms with E-state index in [9.17, 15) is 24.3 Å². The van der Waals surface area contributed by atoms with Gasteiger partial charge in [0.15, 0.2) is 0 Å². The summed E-state index contributed by atoms with van der Waals surface area (Å²) in [6.45, 7) is 18.1. The van der Waals surface area contributed by atoms with Crippen molar-refractivity contribution in [3.05, 3.63) is 35.9 Å². The number of carbonyl (C=O) groups is 4. The molecule has 4 N–H and O–H groups in total. The Morgan fingerprint density at radius 3 is 1.58 bits per heavy atom. The van der Waals surface area contributed by atoms with Crippen molar-refractivity contribution in [2.45, 2.75) is 201 Å². The highest BCUT2D eigenvalue weighted by Gasteiger charge is 2.49. The first kappa shape index (κ1) is 49.8. The minimum atomic E-state index is -0.850. The highest BCUT2D eigenvalue weighted by molar-refractivity contribution is 5.92. The molecule has 2 aliphatic heterocycles. The van der Waals surface area contributed by atoms with Crippen LogP contribution in [0, 0.1) is 46.3 Å². The number of nitrogens with two attached hydrogens (primary N) is 1. The van der Waals surface area contributed by atoms with Crippen molar-refractivity contribution < 1.29 is 29.0 Å². The number of hydrogen-bond acceptors (Lipinski definition) is 8. The number of nitrogens with zero attached hydrogens (tertiary/aromatic N) is 3. The lowest BCUT2D eigenvalue weighted by molar-refractivity contribution is -0.252. The van der Waals surface area contributed by atoms with Crippen LogP contribution < -0.4 is 21.5 Å². The maximum absolute atomic E-state index is 13.8. The zero-order chi connectivity index (χ0) is 46.3. The molecule has 6 fully saturated rings. The van der Waals surface area contributed by atoms with Crippen molar-refractivity contribution in [2.24, 2.45) is 57.1 Å². The molecule has 64 heavy (non-hydrogen) atoms. The first-order chi connectivity index (χ1) is 30.3. The lowest BCUT2D eigenvalue weighted by Crippen LogP contribution is -2.59. The number of amides is 4. The van der Waals surface area contributed by atoms with Crippen LogP contribution in [0.15, 0.2) is 35.3 Å². The molecular formula is C52H83N6O6-. The molecule has 4 amide bonds. The SMILES string of the molecule is C[C@@H]1[C@H]2CCC[C@H]2CN1C(=O)[C@@H](NC(=O)[C@@H](N)C1CCCCC1)C(C)(C)C.C[C@@H]1[C@H]2CCC[C@H]2CN1C(=O)[C@@H](NC(=O)[C@@H](N=C([O-])OCc1ccccc1)C1CCCCC1)C(C)(C)C. The van der Waals surface area contributed by atoms with E-state index < -0.39 is 35.7 Å². The smallest absolute Gasteiger partial charge is 0.245 e. The normalized spacial score (nSPS) is 28.5. The van der Waals surface area contributed by atoms with Gasteiger partial charge in [-0.15, -0.1) is 0 Å². The van der Waals surface area contributed by atoms with Crippen molar-refractivity contribution in [3.8, 4) is 0 Å². The standard InChI is InChI=1S/C30H45N3O4.C22H39N3O2/c1-20-24-17-11-16-23(24)18-33(20)28(35)26(30(2,3)4)32-27(34)25(22-14-9-6-10-15-22)31-29(36)37-19-21-12-7-5-8-13-21;1-14-17-12-8-11-16(17)13-25(14)21(27)19(22(2,3)4)24-20(26)18(23)15-9-6-5-7-10-15/h5,7-8,12-13,20,22-26H,6,9-11,14-19H2,1-4H3,(H,31,36)(H,32,34);14-19H,5-13,23H2,1-4H3,(H,24,26)/p-1/t20-,23+,24-,25+,26-;14-,16+,17-,18+,19-/m11/s1. The molecule has 1 aromatic rings. The van der Waals surface area contributed by atoms with Gasteiger partial charge >= 0.3 is 0 Å². The average Bonchev–Trinajstić information content (AvgIpc) is 4.07. The molecule has 10 atom stereocenters. The summed E-state index contributed by atoms with van der Waals surface area (Å²) in [5.74, 6) is 2.19. The fourth-order valence-corrected chi connectivity index (χ4v) is 12.2. The van der Waals surface area contributed by atoms with Crippen LogP contribution in [0.1, 0.15) is 164 Å².